The predicted octanol–water partition coefficient (Wildman–Crippen LogP) is 3.99. The van der Waals surface area contributed by atoms with Gasteiger partial charge < -0.3 is 4.74 Å². The van der Waals surface area contributed by atoms with Gasteiger partial charge in [0.05, 0.1) is 11.8 Å². The van der Waals surface area contributed by atoms with Crippen molar-refractivity contribution in [2.75, 3.05) is 12.4 Å². The molecule has 0 aliphatic rings. The molecular weight excluding hydrogens is 341 g/mol. The number of para-hydroxylation sites is 1. The highest BCUT2D eigenvalue weighted by molar-refractivity contribution is 7.22. The summed E-state index contributed by atoms with van der Waals surface area (Å²) in [6.45, 7) is 0. The van der Waals surface area contributed by atoms with Crippen molar-refractivity contribution in [3.63, 3.8) is 0 Å². The SMILES string of the molecule is COc1ccc(/C=C(\C#N)C(=O)Nc2nc3c(F)cccc3s2)cc1. The minimum Gasteiger partial charge on any atom is -0.497 e. The van der Waals surface area contributed by atoms with Crippen LogP contribution in [0.4, 0.5) is 9.52 Å². The maximum Gasteiger partial charge on any atom is 0.268 e. The number of anilines is 1. The summed E-state index contributed by atoms with van der Waals surface area (Å²) >= 11 is 1.14. The first-order valence-corrected chi connectivity index (χ1v) is 8.04. The molecule has 1 amide bonds. The molecule has 0 bridgehead atoms. The van der Waals surface area contributed by atoms with Crippen molar-refractivity contribution in [3.05, 3.63) is 59.4 Å². The summed E-state index contributed by atoms with van der Waals surface area (Å²) in [5.74, 6) is -0.377. The van der Waals surface area contributed by atoms with E-state index in [0.29, 0.717) is 16.0 Å². The Morgan fingerprint density at radius 2 is 2.08 bits per heavy atom. The maximum atomic E-state index is 13.7. The molecule has 1 aromatic heterocycles. The van der Waals surface area contributed by atoms with Crippen LogP contribution < -0.4 is 10.1 Å². The summed E-state index contributed by atoms with van der Waals surface area (Å²) in [6.07, 6.45) is 1.46. The van der Waals surface area contributed by atoms with Gasteiger partial charge in [-0.3, -0.25) is 10.1 Å². The molecular formula is C18H12FN3O2S. The Labute approximate surface area is 147 Å². The van der Waals surface area contributed by atoms with Crippen LogP contribution in [0.2, 0.25) is 0 Å². The monoisotopic (exact) mass is 353 g/mol. The van der Waals surface area contributed by atoms with E-state index in [0.717, 1.165) is 11.3 Å². The third kappa shape index (κ3) is 3.65. The number of methoxy groups -OCH3 is 1. The molecule has 1 heterocycles. The number of halogens is 1. The van der Waals surface area contributed by atoms with Gasteiger partial charge in [0.1, 0.15) is 28.7 Å². The van der Waals surface area contributed by atoms with E-state index in [2.05, 4.69) is 10.3 Å². The molecule has 0 aliphatic heterocycles. The van der Waals surface area contributed by atoms with Crippen molar-refractivity contribution >= 4 is 38.7 Å². The Kier molecular flexibility index (Phi) is 4.73. The van der Waals surface area contributed by atoms with Gasteiger partial charge in [-0.25, -0.2) is 9.37 Å². The standard InChI is InChI=1S/C18H12FN3O2S/c1-24-13-7-5-11(6-8-13)9-12(10-20)17(23)22-18-21-16-14(19)3-2-4-15(16)25-18/h2-9H,1H3,(H,21,22,23)/b12-9+. The lowest BCUT2D eigenvalue weighted by atomic mass is 10.1. The number of benzene rings is 2. The molecule has 0 unspecified atom stereocenters. The lowest BCUT2D eigenvalue weighted by molar-refractivity contribution is -0.112. The number of amides is 1. The number of ether oxygens (including phenoxy) is 1. The topological polar surface area (TPSA) is 75.0 Å². The Balaban J connectivity index is 1.82. The van der Waals surface area contributed by atoms with E-state index in [4.69, 9.17) is 4.74 Å². The highest BCUT2D eigenvalue weighted by Crippen LogP contribution is 2.27. The average molecular weight is 353 g/mol. The highest BCUT2D eigenvalue weighted by atomic mass is 32.1. The van der Waals surface area contributed by atoms with E-state index >= 15 is 0 Å². The van der Waals surface area contributed by atoms with Gasteiger partial charge in [-0.05, 0) is 35.9 Å². The molecule has 0 saturated heterocycles. The second-order valence-electron chi connectivity index (χ2n) is 5.00. The number of nitrogens with zero attached hydrogens (tertiary/aromatic N) is 2. The first-order chi connectivity index (χ1) is 12.1. The second kappa shape index (κ2) is 7.11. The van der Waals surface area contributed by atoms with Crippen LogP contribution in [0.15, 0.2) is 48.0 Å². The summed E-state index contributed by atoms with van der Waals surface area (Å²) in [6, 6.07) is 13.4. The fourth-order valence-electron chi connectivity index (χ4n) is 2.15. The molecule has 1 N–H and O–H groups in total. The van der Waals surface area contributed by atoms with E-state index in [-0.39, 0.29) is 16.2 Å². The Bertz CT molecular complexity index is 1000. The summed E-state index contributed by atoms with van der Waals surface area (Å²) < 4.78 is 19.3. The van der Waals surface area contributed by atoms with Gasteiger partial charge in [0.25, 0.3) is 5.91 Å². The zero-order valence-electron chi connectivity index (χ0n) is 13.1. The number of carbonyl (C=O) groups is 1. The van der Waals surface area contributed by atoms with Crippen LogP contribution in [0.3, 0.4) is 0 Å². The number of rotatable bonds is 4. The van der Waals surface area contributed by atoms with E-state index in [1.807, 2.05) is 6.07 Å². The van der Waals surface area contributed by atoms with Crippen LogP contribution in [-0.4, -0.2) is 18.0 Å². The summed E-state index contributed by atoms with van der Waals surface area (Å²) in [5.41, 5.74) is 0.799. The quantitative estimate of drug-likeness (QED) is 0.568. The molecule has 5 nitrogen and oxygen atoms in total. The van der Waals surface area contributed by atoms with E-state index in [1.165, 1.54) is 12.1 Å². The molecule has 0 radical (unpaired) electrons. The largest absolute Gasteiger partial charge is 0.497 e. The van der Waals surface area contributed by atoms with Crippen molar-refractivity contribution in [1.82, 2.24) is 4.98 Å². The first-order valence-electron chi connectivity index (χ1n) is 7.23. The van der Waals surface area contributed by atoms with Gasteiger partial charge in [0, 0.05) is 0 Å². The minimum atomic E-state index is -0.599. The van der Waals surface area contributed by atoms with Crippen LogP contribution in [-0.2, 0) is 4.79 Å². The lowest BCUT2D eigenvalue weighted by Gasteiger charge is -2.01. The number of hydrogen-bond acceptors (Lipinski definition) is 5. The minimum absolute atomic E-state index is 0.0788. The van der Waals surface area contributed by atoms with Gasteiger partial charge >= 0.3 is 0 Å². The van der Waals surface area contributed by atoms with Crippen LogP contribution in [0.5, 0.6) is 5.75 Å². The highest BCUT2D eigenvalue weighted by Gasteiger charge is 2.14. The fraction of sp³-hybridized carbons (Fsp3) is 0.0556. The van der Waals surface area contributed by atoms with Gasteiger partial charge in [-0.1, -0.05) is 29.5 Å². The van der Waals surface area contributed by atoms with E-state index in [9.17, 15) is 14.4 Å². The number of fused-ring (bicyclic) bond motifs is 1. The van der Waals surface area contributed by atoms with Crippen LogP contribution in [0.25, 0.3) is 16.3 Å². The van der Waals surface area contributed by atoms with Crippen molar-refractivity contribution in [2.24, 2.45) is 0 Å². The third-order valence-corrected chi connectivity index (χ3v) is 4.32. The molecule has 0 fully saturated rings. The number of nitriles is 1. The van der Waals surface area contributed by atoms with E-state index < -0.39 is 11.7 Å². The van der Waals surface area contributed by atoms with Gasteiger partial charge in [-0.2, -0.15) is 5.26 Å². The van der Waals surface area contributed by atoms with Gasteiger partial charge in [0.15, 0.2) is 5.13 Å². The molecule has 0 saturated carbocycles. The first kappa shape index (κ1) is 16.6. The molecule has 3 aromatic rings. The van der Waals surface area contributed by atoms with Crippen molar-refractivity contribution in [3.8, 4) is 11.8 Å². The van der Waals surface area contributed by atoms with Gasteiger partial charge in [0.2, 0.25) is 0 Å². The number of carbonyl (C=O) groups excluding carboxylic acids is 1. The second-order valence-corrected chi connectivity index (χ2v) is 6.03. The molecule has 3 rings (SSSR count). The van der Waals surface area contributed by atoms with Crippen LogP contribution in [0.1, 0.15) is 5.56 Å². The molecule has 25 heavy (non-hydrogen) atoms. The molecule has 124 valence electrons. The third-order valence-electron chi connectivity index (χ3n) is 3.38. The molecule has 2 aromatic carbocycles. The van der Waals surface area contributed by atoms with E-state index in [1.54, 1.807) is 43.5 Å². The van der Waals surface area contributed by atoms with Crippen molar-refractivity contribution in [2.45, 2.75) is 0 Å². The van der Waals surface area contributed by atoms with Crippen molar-refractivity contribution < 1.29 is 13.9 Å². The Morgan fingerprint density at radius 1 is 1.32 bits per heavy atom. The number of nitrogens with one attached hydrogen (secondary N) is 1. The Hall–Kier alpha value is -3.24. The normalized spacial score (nSPS) is 11.2. The van der Waals surface area contributed by atoms with Gasteiger partial charge in [-0.15, -0.1) is 0 Å². The summed E-state index contributed by atoms with van der Waals surface area (Å²) in [4.78, 5) is 16.3. The lowest BCUT2D eigenvalue weighted by Crippen LogP contribution is -2.13. The molecule has 7 heteroatoms. The van der Waals surface area contributed by atoms with Crippen molar-refractivity contribution in [1.29, 1.82) is 5.26 Å². The number of thiazole rings is 1. The summed E-state index contributed by atoms with van der Waals surface area (Å²) in [5, 5.41) is 12.0. The fourth-order valence-corrected chi connectivity index (χ4v) is 3.02. The van der Waals surface area contributed by atoms with Crippen LogP contribution >= 0.6 is 11.3 Å². The maximum absolute atomic E-state index is 13.7. The molecule has 0 spiro atoms. The zero-order valence-corrected chi connectivity index (χ0v) is 13.9. The predicted molar refractivity (Wildman–Crippen MR) is 94.8 cm³/mol. The molecule has 0 atom stereocenters. The smallest absolute Gasteiger partial charge is 0.268 e. The molecule has 0 aliphatic carbocycles. The van der Waals surface area contributed by atoms with Crippen LogP contribution in [0, 0.1) is 17.1 Å². The Morgan fingerprint density at radius 3 is 2.72 bits per heavy atom. The summed E-state index contributed by atoms with van der Waals surface area (Å²) in [7, 11) is 1.56. The average Bonchev–Trinajstić information content (AvgIpc) is 3.04. The number of hydrogen-bond donors (Lipinski definition) is 1. The zero-order chi connectivity index (χ0) is 17.8. The number of aromatic nitrogens is 1.